The van der Waals surface area contributed by atoms with Gasteiger partial charge in [-0.3, -0.25) is 0 Å². The Balaban J connectivity index is 1.32. The van der Waals surface area contributed by atoms with Crippen LogP contribution in [0, 0.1) is 0 Å². The van der Waals surface area contributed by atoms with Crippen molar-refractivity contribution in [1.82, 2.24) is 4.57 Å². The summed E-state index contributed by atoms with van der Waals surface area (Å²) in [4.78, 5) is 0. The Morgan fingerprint density at radius 3 is 2.17 bits per heavy atom. The van der Waals surface area contributed by atoms with Crippen molar-refractivity contribution in [3.8, 4) is 11.1 Å². The van der Waals surface area contributed by atoms with Crippen LogP contribution in [0.5, 0.6) is 0 Å². The molecule has 0 radical (unpaired) electrons. The van der Waals surface area contributed by atoms with E-state index in [4.69, 9.17) is 0 Å². The van der Waals surface area contributed by atoms with Gasteiger partial charge in [0.15, 0.2) is 0 Å². The first-order valence-electron chi connectivity index (χ1n) is 14.5. The first-order valence-corrected chi connectivity index (χ1v) is 14.5. The molecule has 1 aliphatic rings. The van der Waals surface area contributed by atoms with Gasteiger partial charge in [-0.15, -0.1) is 0 Å². The van der Waals surface area contributed by atoms with Crippen LogP contribution in [-0.2, 0) is 6.42 Å². The van der Waals surface area contributed by atoms with Crippen LogP contribution in [0.2, 0.25) is 0 Å². The van der Waals surface area contributed by atoms with Gasteiger partial charge in [-0.25, -0.2) is 0 Å². The Hall–Kier alpha value is -5.14. The molecule has 0 bridgehead atoms. The minimum Gasteiger partial charge on any atom is -0.333 e. The smallest absolute Gasteiger partial charge is 0.0566 e. The zero-order valence-corrected chi connectivity index (χ0v) is 22.6. The van der Waals surface area contributed by atoms with E-state index in [2.05, 4.69) is 150 Å². The second-order valence-corrected chi connectivity index (χ2v) is 11.3. The van der Waals surface area contributed by atoms with Gasteiger partial charge >= 0.3 is 0 Å². The SMILES string of the molecule is C1=CC(n2c3ccccc3c3c4cc(-c5cc6ccccc6c6ccccc56)ccc4ccc32)Cc2ccccc21. The number of fused-ring (bicyclic) bond motifs is 9. The lowest BCUT2D eigenvalue weighted by Crippen LogP contribution is -2.12. The van der Waals surface area contributed by atoms with E-state index in [1.54, 1.807) is 0 Å². The van der Waals surface area contributed by atoms with Crippen molar-refractivity contribution >= 4 is 60.2 Å². The molecule has 1 unspecified atom stereocenters. The average molecular weight is 522 g/mol. The number of rotatable bonds is 2. The number of benzene rings is 7. The molecule has 1 heteroatoms. The molecule has 0 spiro atoms. The lowest BCUT2D eigenvalue weighted by atomic mass is 9.91. The van der Waals surface area contributed by atoms with Crippen molar-refractivity contribution in [2.24, 2.45) is 0 Å². The maximum Gasteiger partial charge on any atom is 0.0566 e. The molecular weight excluding hydrogens is 494 g/mol. The monoisotopic (exact) mass is 521 g/mol. The Morgan fingerprint density at radius 1 is 0.512 bits per heavy atom. The van der Waals surface area contributed by atoms with Crippen LogP contribution in [0.15, 0.2) is 140 Å². The second-order valence-electron chi connectivity index (χ2n) is 11.3. The van der Waals surface area contributed by atoms with Gasteiger partial charge in [0.1, 0.15) is 0 Å². The molecule has 1 atom stereocenters. The molecule has 0 saturated heterocycles. The number of para-hydroxylation sites is 1. The molecule has 0 fully saturated rings. The summed E-state index contributed by atoms with van der Waals surface area (Å²) >= 11 is 0. The molecule has 0 amide bonds. The van der Waals surface area contributed by atoms with Crippen molar-refractivity contribution in [2.75, 3.05) is 0 Å². The Bertz CT molecular complexity index is 2350. The highest BCUT2D eigenvalue weighted by molar-refractivity contribution is 6.22. The third-order valence-corrected chi connectivity index (χ3v) is 9.08. The highest BCUT2D eigenvalue weighted by Gasteiger charge is 2.21. The molecule has 41 heavy (non-hydrogen) atoms. The van der Waals surface area contributed by atoms with Crippen LogP contribution >= 0.6 is 0 Å². The third-order valence-electron chi connectivity index (χ3n) is 9.08. The number of hydrogen-bond acceptors (Lipinski definition) is 0. The van der Waals surface area contributed by atoms with Gasteiger partial charge < -0.3 is 4.57 Å². The molecule has 192 valence electrons. The Labute approximate surface area is 238 Å². The first kappa shape index (κ1) is 22.7. The molecule has 7 aromatic carbocycles. The maximum absolute atomic E-state index is 2.56. The largest absolute Gasteiger partial charge is 0.333 e. The van der Waals surface area contributed by atoms with Crippen LogP contribution in [0.25, 0.3) is 71.3 Å². The molecule has 1 aliphatic carbocycles. The number of nitrogens with zero attached hydrogens (tertiary/aromatic N) is 1. The Morgan fingerprint density at radius 2 is 1.24 bits per heavy atom. The minimum absolute atomic E-state index is 0.275. The van der Waals surface area contributed by atoms with E-state index in [0.717, 1.165) is 6.42 Å². The predicted molar refractivity (Wildman–Crippen MR) is 176 cm³/mol. The fraction of sp³-hybridized carbons (Fsp3) is 0.0500. The quantitative estimate of drug-likeness (QED) is 0.199. The van der Waals surface area contributed by atoms with Gasteiger partial charge in [0, 0.05) is 16.3 Å². The molecule has 1 aromatic heterocycles. The molecule has 0 aliphatic heterocycles. The topological polar surface area (TPSA) is 4.93 Å². The number of hydrogen-bond donors (Lipinski definition) is 0. The van der Waals surface area contributed by atoms with Crippen molar-refractivity contribution in [2.45, 2.75) is 12.5 Å². The lowest BCUT2D eigenvalue weighted by molar-refractivity contribution is 0.636. The fourth-order valence-electron chi connectivity index (χ4n) is 7.20. The van der Waals surface area contributed by atoms with E-state index in [0.29, 0.717) is 0 Å². The van der Waals surface area contributed by atoms with Crippen LogP contribution in [0.1, 0.15) is 17.2 Å². The Kier molecular flexibility index (Phi) is 4.80. The van der Waals surface area contributed by atoms with Crippen molar-refractivity contribution in [3.63, 3.8) is 0 Å². The standard InChI is InChI=1S/C40H27N/c1-2-10-28-23-31(21-19-26(28)9-1)41-38-16-8-7-15-35(38)40-37-25-30(18-17-27(37)20-22-39(40)41)36-24-29-11-3-4-12-32(29)33-13-5-6-14-34(33)36/h1-22,24-25,31H,23H2. The van der Waals surface area contributed by atoms with Crippen molar-refractivity contribution in [1.29, 1.82) is 0 Å². The van der Waals surface area contributed by atoms with E-state index in [1.165, 1.54) is 76.4 Å². The number of aromatic nitrogens is 1. The molecular formula is C40H27N. The van der Waals surface area contributed by atoms with Crippen LogP contribution in [0.4, 0.5) is 0 Å². The van der Waals surface area contributed by atoms with Crippen LogP contribution in [0.3, 0.4) is 0 Å². The van der Waals surface area contributed by atoms with Gasteiger partial charge in [-0.2, -0.15) is 0 Å². The normalized spacial score (nSPS) is 14.9. The zero-order chi connectivity index (χ0) is 26.9. The molecule has 1 heterocycles. The zero-order valence-electron chi connectivity index (χ0n) is 22.6. The summed E-state index contributed by atoms with van der Waals surface area (Å²) in [6.07, 6.45) is 5.69. The fourth-order valence-corrected chi connectivity index (χ4v) is 7.20. The number of allylic oxidation sites excluding steroid dienone is 1. The summed E-state index contributed by atoms with van der Waals surface area (Å²) in [6, 6.07) is 49.6. The van der Waals surface area contributed by atoms with E-state index in [-0.39, 0.29) is 6.04 Å². The van der Waals surface area contributed by atoms with Crippen molar-refractivity contribution in [3.05, 3.63) is 151 Å². The second kappa shape index (κ2) is 8.68. The predicted octanol–water partition coefficient (Wildman–Crippen LogP) is 10.7. The highest BCUT2D eigenvalue weighted by Crippen LogP contribution is 2.41. The molecule has 1 nitrogen and oxygen atoms in total. The first-order chi connectivity index (χ1) is 20.3. The van der Waals surface area contributed by atoms with Gasteiger partial charge in [0.25, 0.3) is 0 Å². The minimum atomic E-state index is 0.275. The van der Waals surface area contributed by atoms with E-state index in [9.17, 15) is 0 Å². The summed E-state index contributed by atoms with van der Waals surface area (Å²) in [6.45, 7) is 0. The molecule has 9 rings (SSSR count). The maximum atomic E-state index is 2.56. The highest BCUT2D eigenvalue weighted by atomic mass is 15.0. The van der Waals surface area contributed by atoms with E-state index >= 15 is 0 Å². The molecule has 0 N–H and O–H groups in total. The average Bonchev–Trinajstić information content (AvgIpc) is 3.39. The summed E-state index contributed by atoms with van der Waals surface area (Å²) in [5.41, 5.74) is 7.89. The van der Waals surface area contributed by atoms with E-state index < -0.39 is 0 Å². The van der Waals surface area contributed by atoms with Gasteiger partial charge in [0.05, 0.1) is 11.6 Å². The lowest BCUT2D eigenvalue weighted by Gasteiger charge is -2.23. The van der Waals surface area contributed by atoms with E-state index in [1.807, 2.05) is 0 Å². The molecule has 8 aromatic rings. The van der Waals surface area contributed by atoms with Gasteiger partial charge in [0.2, 0.25) is 0 Å². The van der Waals surface area contributed by atoms with Crippen LogP contribution < -0.4 is 0 Å². The summed E-state index contributed by atoms with van der Waals surface area (Å²) in [5, 5.41) is 10.4. The third kappa shape index (κ3) is 3.36. The summed E-state index contributed by atoms with van der Waals surface area (Å²) < 4.78 is 2.56. The van der Waals surface area contributed by atoms with Crippen molar-refractivity contribution < 1.29 is 0 Å². The summed E-state index contributed by atoms with van der Waals surface area (Å²) in [7, 11) is 0. The summed E-state index contributed by atoms with van der Waals surface area (Å²) in [5.74, 6) is 0. The van der Waals surface area contributed by atoms with Gasteiger partial charge in [-0.1, -0.05) is 121 Å². The van der Waals surface area contributed by atoms with Crippen LogP contribution in [-0.4, -0.2) is 4.57 Å². The van der Waals surface area contributed by atoms with Gasteiger partial charge in [-0.05, 0) is 85.3 Å². The molecule has 0 saturated carbocycles.